The van der Waals surface area contributed by atoms with E-state index < -0.39 is 5.60 Å². The van der Waals surface area contributed by atoms with Crippen molar-refractivity contribution in [2.24, 2.45) is 0 Å². The number of carbonyl (C=O) groups is 1. The first-order valence-electron chi connectivity index (χ1n) is 7.90. The number of rotatable bonds is 2. The number of anilines is 1. The van der Waals surface area contributed by atoms with E-state index in [4.69, 9.17) is 0 Å². The third kappa shape index (κ3) is 1.85. The second kappa shape index (κ2) is 5.19. The Hall–Kier alpha value is -2.11. The van der Waals surface area contributed by atoms with Gasteiger partial charge in [0.2, 0.25) is 0 Å². The smallest absolute Gasteiger partial charge is 0.268 e. The average molecular weight is 385 g/mol. The number of nitrogens with zero attached hydrogens (tertiary/aromatic N) is 1. The van der Waals surface area contributed by atoms with Crippen molar-refractivity contribution in [2.45, 2.75) is 19.4 Å². The monoisotopic (exact) mass is 384 g/mol. The Balaban J connectivity index is 2.08. The number of aliphatic hydroxyl groups is 1. The third-order valence-electron chi connectivity index (χ3n) is 4.77. The van der Waals surface area contributed by atoms with Crippen LogP contribution < -0.4 is 4.90 Å². The molecule has 0 saturated heterocycles. The van der Waals surface area contributed by atoms with Gasteiger partial charge < -0.3 is 15.0 Å². The molecule has 2 aromatic carbocycles. The maximum atomic E-state index is 13.2. The number of nitrogens with one attached hydrogen (secondary N) is 1. The summed E-state index contributed by atoms with van der Waals surface area (Å²) in [5.74, 6) is -0.300. The fourth-order valence-corrected chi connectivity index (χ4v) is 4.11. The molecule has 2 N–H and O–H groups in total. The van der Waals surface area contributed by atoms with Gasteiger partial charge in [-0.15, -0.1) is 0 Å². The molecule has 4 nitrogen and oxygen atoms in total. The number of para-hydroxylation sites is 1. The molecule has 2 heterocycles. The number of hydrogen-bond acceptors (Lipinski definition) is 2. The van der Waals surface area contributed by atoms with Crippen LogP contribution in [0.25, 0.3) is 10.9 Å². The summed E-state index contributed by atoms with van der Waals surface area (Å²) in [5.41, 5.74) is 2.06. The second-order valence-electron chi connectivity index (χ2n) is 6.09. The molecule has 1 aromatic heterocycles. The van der Waals surface area contributed by atoms with Crippen LogP contribution in [0, 0.1) is 6.92 Å². The first-order valence-corrected chi connectivity index (χ1v) is 8.70. The quantitative estimate of drug-likeness (QED) is 0.704. The van der Waals surface area contributed by atoms with E-state index >= 15 is 0 Å². The average Bonchev–Trinajstić information content (AvgIpc) is 3.01. The van der Waals surface area contributed by atoms with Crippen molar-refractivity contribution in [1.29, 1.82) is 0 Å². The zero-order valence-electron chi connectivity index (χ0n) is 13.4. The van der Waals surface area contributed by atoms with Crippen LogP contribution in [0.4, 0.5) is 5.69 Å². The van der Waals surface area contributed by atoms with E-state index in [1.165, 1.54) is 0 Å². The molecule has 1 aliphatic heterocycles. The molecule has 0 spiro atoms. The lowest BCUT2D eigenvalue weighted by molar-refractivity contribution is -0.132. The van der Waals surface area contributed by atoms with Crippen LogP contribution in [0.5, 0.6) is 0 Å². The van der Waals surface area contributed by atoms with E-state index in [2.05, 4.69) is 20.9 Å². The van der Waals surface area contributed by atoms with Gasteiger partial charge in [0.25, 0.3) is 5.91 Å². The van der Waals surface area contributed by atoms with Crippen molar-refractivity contribution in [2.75, 3.05) is 11.4 Å². The molecule has 122 valence electrons. The molecule has 5 heteroatoms. The lowest BCUT2D eigenvalue weighted by Crippen LogP contribution is -2.41. The summed E-state index contributed by atoms with van der Waals surface area (Å²) in [6, 6.07) is 13.3. The van der Waals surface area contributed by atoms with Crippen LogP contribution in [0.1, 0.15) is 23.7 Å². The number of H-pyrrole nitrogens is 1. The zero-order chi connectivity index (χ0) is 17.1. The first-order chi connectivity index (χ1) is 11.5. The number of aryl methyl sites for hydroxylation is 1. The molecule has 0 fully saturated rings. The summed E-state index contributed by atoms with van der Waals surface area (Å²) >= 11 is 3.46. The van der Waals surface area contributed by atoms with Gasteiger partial charge >= 0.3 is 0 Å². The predicted octanol–water partition coefficient (Wildman–Crippen LogP) is 3.84. The molecule has 0 saturated carbocycles. The van der Waals surface area contributed by atoms with Crippen molar-refractivity contribution < 1.29 is 9.90 Å². The number of likely N-dealkylation sites (N-methyl/N-ethyl adjacent to an activating group) is 1. The van der Waals surface area contributed by atoms with E-state index in [1.807, 2.05) is 56.3 Å². The Morgan fingerprint density at radius 2 is 2.00 bits per heavy atom. The largest absolute Gasteiger partial charge is 0.372 e. The maximum absolute atomic E-state index is 13.2. The SMILES string of the molecule is CCN1C(=O)[C@@](O)(c2c(C)[nH]c3ccccc23)c2cc(Br)ccc21. The van der Waals surface area contributed by atoms with Crippen molar-refractivity contribution in [3.05, 3.63) is 63.8 Å². The summed E-state index contributed by atoms with van der Waals surface area (Å²) in [6.45, 7) is 4.32. The molecule has 1 atom stereocenters. The Bertz CT molecular complexity index is 979. The number of carbonyl (C=O) groups excluding carboxylic acids is 1. The van der Waals surface area contributed by atoms with E-state index in [-0.39, 0.29) is 5.91 Å². The van der Waals surface area contributed by atoms with Crippen molar-refractivity contribution in [3.8, 4) is 0 Å². The zero-order valence-corrected chi connectivity index (χ0v) is 15.0. The number of halogens is 1. The van der Waals surface area contributed by atoms with Gasteiger partial charge in [-0.3, -0.25) is 4.79 Å². The van der Waals surface area contributed by atoms with Gasteiger partial charge in [0, 0.05) is 38.7 Å². The minimum absolute atomic E-state index is 0.300. The topological polar surface area (TPSA) is 56.3 Å². The van der Waals surface area contributed by atoms with Crippen molar-refractivity contribution in [3.63, 3.8) is 0 Å². The number of benzene rings is 2. The molecule has 0 aliphatic carbocycles. The molecule has 0 radical (unpaired) electrons. The summed E-state index contributed by atoms with van der Waals surface area (Å²) in [5, 5.41) is 12.5. The van der Waals surface area contributed by atoms with E-state index in [9.17, 15) is 9.90 Å². The molecule has 1 amide bonds. The van der Waals surface area contributed by atoms with E-state index in [0.717, 1.165) is 26.8 Å². The Labute approximate surface area is 148 Å². The van der Waals surface area contributed by atoms with Gasteiger partial charge in [0.05, 0.1) is 5.69 Å². The minimum atomic E-state index is -1.68. The summed E-state index contributed by atoms with van der Waals surface area (Å²) in [6.07, 6.45) is 0. The van der Waals surface area contributed by atoms with Gasteiger partial charge in [-0.25, -0.2) is 0 Å². The molecule has 1 aliphatic rings. The number of aromatic nitrogens is 1. The standard InChI is InChI=1S/C19H17BrN2O2/c1-3-22-16-9-8-12(20)10-14(16)19(24,18(22)23)17-11(2)21-15-7-5-4-6-13(15)17/h4-10,21,24H,3H2,1-2H3/t19-/m0/s1. The maximum Gasteiger partial charge on any atom is 0.268 e. The Morgan fingerprint density at radius 1 is 1.25 bits per heavy atom. The minimum Gasteiger partial charge on any atom is -0.372 e. The molecule has 3 aromatic rings. The van der Waals surface area contributed by atoms with E-state index in [0.29, 0.717) is 17.7 Å². The van der Waals surface area contributed by atoms with Crippen molar-refractivity contribution in [1.82, 2.24) is 4.98 Å². The lowest BCUT2D eigenvalue weighted by Gasteiger charge is -2.23. The van der Waals surface area contributed by atoms with Crippen LogP contribution in [-0.2, 0) is 10.4 Å². The highest BCUT2D eigenvalue weighted by molar-refractivity contribution is 9.10. The lowest BCUT2D eigenvalue weighted by atomic mass is 9.85. The van der Waals surface area contributed by atoms with Gasteiger partial charge in [-0.2, -0.15) is 0 Å². The molecule has 0 bridgehead atoms. The fourth-order valence-electron chi connectivity index (χ4n) is 3.75. The van der Waals surface area contributed by atoms with Crippen LogP contribution in [-0.4, -0.2) is 22.5 Å². The number of hydrogen-bond donors (Lipinski definition) is 2. The van der Waals surface area contributed by atoms with Gasteiger partial charge in [0.15, 0.2) is 5.60 Å². The second-order valence-corrected chi connectivity index (χ2v) is 7.01. The Morgan fingerprint density at radius 3 is 2.75 bits per heavy atom. The van der Waals surface area contributed by atoms with Crippen LogP contribution in [0.2, 0.25) is 0 Å². The van der Waals surface area contributed by atoms with Gasteiger partial charge in [0.1, 0.15) is 0 Å². The highest BCUT2D eigenvalue weighted by Crippen LogP contribution is 2.48. The van der Waals surface area contributed by atoms with Crippen LogP contribution >= 0.6 is 15.9 Å². The summed E-state index contributed by atoms with van der Waals surface area (Å²) in [4.78, 5) is 18.1. The molecule has 0 unspecified atom stereocenters. The summed E-state index contributed by atoms with van der Waals surface area (Å²) in [7, 11) is 0. The first kappa shape index (κ1) is 15.4. The Kier molecular flexibility index (Phi) is 3.34. The van der Waals surface area contributed by atoms with Gasteiger partial charge in [-0.05, 0) is 38.1 Å². The third-order valence-corrected chi connectivity index (χ3v) is 5.26. The highest BCUT2D eigenvalue weighted by atomic mass is 79.9. The summed E-state index contributed by atoms with van der Waals surface area (Å²) < 4.78 is 0.836. The normalized spacial score (nSPS) is 20.0. The highest BCUT2D eigenvalue weighted by Gasteiger charge is 2.52. The molecular weight excluding hydrogens is 368 g/mol. The predicted molar refractivity (Wildman–Crippen MR) is 98.2 cm³/mol. The van der Waals surface area contributed by atoms with Crippen molar-refractivity contribution >= 4 is 38.4 Å². The number of amides is 1. The van der Waals surface area contributed by atoms with Crippen LogP contribution in [0.3, 0.4) is 0 Å². The van der Waals surface area contributed by atoms with Gasteiger partial charge in [-0.1, -0.05) is 34.1 Å². The molecular formula is C19H17BrN2O2. The number of aromatic amines is 1. The molecule has 24 heavy (non-hydrogen) atoms. The number of fused-ring (bicyclic) bond motifs is 2. The van der Waals surface area contributed by atoms with Crippen LogP contribution in [0.15, 0.2) is 46.9 Å². The molecule has 4 rings (SSSR count). The van der Waals surface area contributed by atoms with E-state index in [1.54, 1.807) is 4.90 Å². The fraction of sp³-hybridized carbons (Fsp3) is 0.211.